The molecule has 1 atom stereocenters. The number of ether oxygens (including phenoxy) is 21. The summed E-state index contributed by atoms with van der Waals surface area (Å²) in [4.78, 5) is 47.5. The largest absolute Gasteiger partial charge is 0.460 e. The topological polar surface area (TPSA) is 263 Å². The Kier molecular flexibility index (Phi) is 68.2. The highest BCUT2D eigenvalue weighted by molar-refractivity contribution is 6.09. The number of unbranched alkanes of at least 4 members (excludes halogenated alkanes) is 10. The Bertz CT molecular complexity index is 2140. The summed E-state index contributed by atoms with van der Waals surface area (Å²) in [6, 6.07) is 12.1. The molecule has 0 N–H and O–H groups in total. The highest BCUT2D eigenvalue weighted by Crippen LogP contribution is 2.18. The van der Waals surface area contributed by atoms with Gasteiger partial charge in [0.15, 0.2) is 5.78 Å². The minimum Gasteiger partial charge on any atom is -0.460 e. The minimum absolute atomic E-state index is 0.0570. The van der Waals surface area contributed by atoms with Crippen LogP contribution in [0.4, 0.5) is 0 Å². The fourth-order valence-corrected chi connectivity index (χ4v) is 9.38. The van der Waals surface area contributed by atoms with Crippen LogP contribution in [0.25, 0.3) is 0 Å². The van der Waals surface area contributed by atoms with Gasteiger partial charge in [0.25, 0.3) is 0 Å². The van der Waals surface area contributed by atoms with E-state index in [4.69, 9.17) is 109 Å². The second kappa shape index (κ2) is 73.7. The van der Waals surface area contributed by atoms with E-state index in [-0.39, 0.29) is 24.6 Å². The maximum Gasteiger partial charge on any atom is 0.373 e. The predicted octanol–water partition coefficient (Wildman–Crippen LogP) is 10.4. The Balaban J connectivity index is 1.14. The number of carbonyl (C=O) groups excluding carboxylic acids is 3. The summed E-state index contributed by atoms with van der Waals surface area (Å²) in [5, 5.41) is 0. The van der Waals surface area contributed by atoms with E-state index in [1.54, 1.807) is 32.9 Å². The van der Waals surface area contributed by atoms with Gasteiger partial charge in [-0.2, -0.15) is 4.89 Å². The highest BCUT2D eigenvalue weighted by Gasteiger charge is 2.18. The molecule has 0 aliphatic carbocycles. The first-order chi connectivity index (χ1) is 50.6. The molecule has 0 aromatic heterocycles. The van der Waals surface area contributed by atoms with Crippen LogP contribution in [0.5, 0.6) is 0 Å². The summed E-state index contributed by atoms with van der Waals surface area (Å²) in [7, 11) is 0. The normalized spacial score (nSPS) is 12.0. The van der Waals surface area contributed by atoms with Crippen LogP contribution < -0.4 is 0 Å². The average molecular weight is 1480 g/mol. The number of rotatable bonds is 81. The van der Waals surface area contributed by atoms with Crippen molar-refractivity contribution in [3.8, 4) is 0 Å². The predicted molar refractivity (Wildman–Crippen MR) is 389 cm³/mol. The van der Waals surface area contributed by atoms with Gasteiger partial charge >= 0.3 is 11.9 Å². The van der Waals surface area contributed by atoms with Gasteiger partial charge in [-0.3, -0.25) is 9.68 Å². The average Bonchev–Trinajstić information content (AvgIpc) is 0.839. The molecule has 0 spiro atoms. The van der Waals surface area contributed by atoms with Crippen molar-refractivity contribution in [1.29, 1.82) is 0 Å². The second-order valence-corrected chi connectivity index (χ2v) is 25.0. The third-order valence-electron chi connectivity index (χ3n) is 14.9. The van der Waals surface area contributed by atoms with Gasteiger partial charge in [-0.15, -0.1) is 0 Å². The van der Waals surface area contributed by atoms with Crippen molar-refractivity contribution < 1.29 is 124 Å². The number of benzene rings is 2. The van der Waals surface area contributed by atoms with Crippen LogP contribution in [0.2, 0.25) is 0 Å². The highest BCUT2D eigenvalue weighted by atomic mass is 17.2. The van der Waals surface area contributed by atoms with E-state index >= 15 is 0 Å². The first-order valence-corrected chi connectivity index (χ1v) is 38.0. The van der Waals surface area contributed by atoms with Gasteiger partial charge in [0.2, 0.25) is 0 Å². The Labute approximate surface area is 616 Å². The monoisotopic (exact) mass is 1470 g/mol. The van der Waals surface area contributed by atoms with Gasteiger partial charge in [-0.25, -0.2) is 9.59 Å². The van der Waals surface area contributed by atoms with E-state index in [1.165, 1.54) is 120 Å². The number of esters is 1. The summed E-state index contributed by atoms with van der Waals surface area (Å²) in [5.74, 6) is -0.560. The van der Waals surface area contributed by atoms with E-state index in [0.717, 1.165) is 18.9 Å². The van der Waals surface area contributed by atoms with Crippen molar-refractivity contribution in [3.63, 3.8) is 0 Å². The maximum atomic E-state index is 12.9. The Morgan fingerprint density at radius 2 is 0.466 bits per heavy atom. The summed E-state index contributed by atoms with van der Waals surface area (Å²) < 4.78 is 116. The van der Waals surface area contributed by atoms with Crippen LogP contribution in [-0.4, -0.2) is 294 Å². The second-order valence-electron chi connectivity index (χ2n) is 25.0. The van der Waals surface area contributed by atoms with Crippen molar-refractivity contribution in [2.24, 2.45) is 5.92 Å². The minimum atomic E-state index is -0.664. The molecular weight excluding hydrogens is 1340 g/mol. The molecule has 0 fully saturated rings. The summed E-state index contributed by atoms with van der Waals surface area (Å²) >= 11 is 0. The summed E-state index contributed by atoms with van der Waals surface area (Å²) in [6.45, 7) is 29.2. The molecule has 26 heteroatoms. The standard InChI is InChI=1S/C77H134O26/c1-6-18-69(2)19-16-14-12-10-8-7-9-11-13-15-17-28-81-29-30-82-31-32-83-33-34-84-35-36-85-37-38-86-39-40-87-41-42-88-43-44-89-45-46-90-47-48-91-49-50-92-51-52-93-53-54-94-55-56-95-57-58-96-59-60-97-61-62-98-63-64-99-65-66-100-67-68-101-75(79)72-24-20-70(21-25-72)74(78)71-22-26-73(27-23-71)76(80)102-103-77(3,4)5/h20-27,69H,6-19,28-68H2,1-5H3. The van der Waals surface area contributed by atoms with E-state index < -0.39 is 17.5 Å². The smallest absolute Gasteiger partial charge is 0.373 e. The van der Waals surface area contributed by atoms with E-state index in [0.29, 0.717) is 268 Å². The Hall–Kier alpha value is -3.79. The maximum absolute atomic E-state index is 12.9. The third kappa shape index (κ3) is 65.1. The lowest BCUT2D eigenvalue weighted by Crippen LogP contribution is -2.21. The molecule has 2 rings (SSSR count). The molecule has 0 saturated carbocycles. The molecule has 103 heavy (non-hydrogen) atoms. The van der Waals surface area contributed by atoms with Crippen LogP contribution in [0, 0.1) is 5.92 Å². The number of hydrogen-bond acceptors (Lipinski definition) is 26. The molecule has 0 aliphatic rings. The fraction of sp³-hybridized carbons (Fsp3) is 0.805. The van der Waals surface area contributed by atoms with Crippen molar-refractivity contribution >= 4 is 17.7 Å². The molecular formula is C77H134O26. The molecule has 26 nitrogen and oxygen atoms in total. The van der Waals surface area contributed by atoms with Crippen LogP contribution in [0.3, 0.4) is 0 Å². The zero-order valence-corrected chi connectivity index (χ0v) is 63.7. The Morgan fingerprint density at radius 3 is 0.709 bits per heavy atom. The van der Waals surface area contributed by atoms with Crippen molar-refractivity contribution in [2.45, 2.75) is 130 Å². The van der Waals surface area contributed by atoms with Crippen LogP contribution in [0.15, 0.2) is 48.5 Å². The van der Waals surface area contributed by atoms with Gasteiger partial charge in [-0.1, -0.05) is 122 Å². The van der Waals surface area contributed by atoms with Gasteiger partial charge in [0.1, 0.15) is 12.2 Å². The molecule has 0 radical (unpaired) electrons. The van der Waals surface area contributed by atoms with E-state index in [9.17, 15) is 14.4 Å². The summed E-state index contributed by atoms with van der Waals surface area (Å²) in [6.07, 6.45) is 19.1. The molecule has 598 valence electrons. The molecule has 2 aromatic rings. The molecule has 1 unspecified atom stereocenters. The molecule has 0 bridgehead atoms. The van der Waals surface area contributed by atoms with Crippen molar-refractivity contribution in [2.75, 3.05) is 271 Å². The van der Waals surface area contributed by atoms with Crippen LogP contribution >= 0.6 is 0 Å². The van der Waals surface area contributed by atoms with Crippen LogP contribution in [-0.2, 0) is 109 Å². The van der Waals surface area contributed by atoms with Crippen molar-refractivity contribution in [1.82, 2.24) is 0 Å². The summed E-state index contributed by atoms with van der Waals surface area (Å²) in [5.41, 5.74) is 0.626. The molecule has 2 aromatic carbocycles. The number of hydrogen-bond donors (Lipinski definition) is 0. The van der Waals surface area contributed by atoms with Gasteiger partial charge in [0, 0.05) is 17.7 Å². The molecule has 0 aliphatic heterocycles. The van der Waals surface area contributed by atoms with E-state index in [2.05, 4.69) is 13.8 Å². The quantitative estimate of drug-likeness (QED) is 0.0196. The number of ketones is 1. The van der Waals surface area contributed by atoms with Crippen LogP contribution in [0.1, 0.15) is 161 Å². The molecule has 0 saturated heterocycles. The zero-order valence-electron chi connectivity index (χ0n) is 63.7. The molecule has 0 amide bonds. The van der Waals surface area contributed by atoms with Gasteiger partial charge in [0.05, 0.1) is 269 Å². The molecule has 0 heterocycles. The fourth-order valence-electron chi connectivity index (χ4n) is 9.38. The first-order valence-electron chi connectivity index (χ1n) is 38.0. The van der Waals surface area contributed by atoms with Crippen molar-refractivity contribution in [3.05, 3.63) is 70.8 Å². The number of carbonyl (C=O) groups is 3. The van der Waals surface area contributed by atoms with E-state index in [1.807, 2.05) is 0 Å². The zero-order chi connectivity index (χ0) is 73.9. The lowest BCUT2D eigenvalue weighted by Gasteiger charge is -2.16. The van der Waals surface area contributed by atoms with Gasteiger partial charge in [-0.05, 0) is 57.4 Å². The third-order valence-corrected chi connectivity index (χ3v) is 14.9. The Morgan fingerprint density at radius 1 is 0.262 bits per heavy atom. The van der Waals surface area contributed by atoms with Gasteiger partial charge < -0.3 is 99.5 Å². The first kappa shape index (κ1) is 95.3. The lowest BCUT2D eigenvalue weighted by atomic mass is 9.98. The lowest BCUT2D eigenvalue weighted by molar-refractivity contribution is -0.301. The SMILES string of the molecule is CCCC(C)CCCCCCCCCCCCCOCCOCCOCCOCCOCCOCCOCCOCCOCCOCCOCCOCCOCCOCCOCCOCCOCCOCCOCCOCCOC(=O)c1ccc(C(=O)c2ccc(C(=O)OOC(C)(C)C)cc2)cc1.